The number of hydrogen-bond acceptors (Lipinski definition) is 5. The molecule has 0 spiro atoms. The number of sulfone groups is 1. The van der Waals surface area contributed by atoms with E-state index in [1.54, 1.807) is 13.8 Å². The van der Waals surface area contributed by atoms with Gasteiger partial charge in [-0.15, -0.1) is 0 Å². The highest BCUT2D eigenvalue weighted by Crippen LogP contribution is 2.23. The lowest BCUT2D eigenvalue weighted by atomic mass is 10.1. The van der Waals surface area contributed by atoms with Crippen LogP contribution in [-0.2, 0) is 14.6 Å². The molecule has 2 saturated heterocycles. The Hall–Kier alpha value is -0.860. The Morgan fingerprint density at radius 1 is 1.28 bits per heavy atom. The van der Waals surface area contributed by atoms with Crippen LogP contribution >= 0.6 is 0 Å². The van der Waals surface area contributed by atoms with Crippen molar-refractivity contribution in [3.63, 3.8) is 0 Å². The molecule has 0 radical (unpaired) electrons. The molecule has 0 bridgehead atoms. The van der Waals surface area contributed by atoms with Gasteiger partial charge in [0.05, 0.1) is 23.7 Å². The minimum atomic E-state index is -3.04. The molecule has 1 unspecified atom stereocenters. The average molecular weight is 375 g/mol. The average Bonchev–Trinajstić information content (AvgIpc) is 2.55. The monoisotopic (exact) mass is 374 g/mol. The van der Waals surface area contributed by atoms with Crippen molar-refractivity contribution in [1.29, 1.82) is 0 Å². The molecule has 0 amide bonds. The van der Waals surface area contributed by atoms with Gasteiger partial charge >= 0.3 is 0 Å². The number of morpholine rings is 1. The van der Waals surface area contributed by atoms with E-state index in [2.05, 4.69) is 22.0 Å². The Kier molecular flexibility index (Phi) is 7.10. The van der Waals surface area contributed by atoms with Gasteiger partial charge in [-0.1, -0.05) is 6.92 Å². The zero-order valence-corrected chi connectivity index (χ0v) is 16.9. The van der Waals surface area contributed by atoms with E-state index in [-0.39, 0.29) is 5.75 Å². The summed E-state index contributed by atoms with van der Waals surface area (Å²) >= 11 is 0. The molecule has 2 fully saturated rings. The van der Waals surface area contributed by atoms with Gasteiger partial charge in [0.15, 0.2) is 15.8 Å². The van der Waals surface area contributed by atoms with Gasteiger partial charge in [-0.3, -0.25) is 9.89 Å². The molecule has 0 aromatic rings. The van der Waals surface area contributed by atoms with E-state index in [1.165, 1.54) is 0 Å². The Morgan fingerprint density at radius 3 is 2.56 bits per heavy atom. The molecule has 1 N–H and O–H groups in total. The number of rotatable bonds is 5. The molecule has 8 heteroatoms. The minimum Gasteiger partial charge on any atom is -0.379 e. The number of nitrogens with one attached hydrogen (secondary N) is 1. The molecule has 0 saturated carbocycles. The molecular weight excluding hydrogens is 340 g/mol. The zero-order chi connectivity index (χ0) is 18.5. The maximum atomic E-state index is 12.2. The second-order valence-corrected chi connectivity index (χ2v) is 10.5. The molecule has 2 aliphatic heterocycles. The highest BCUT2D eigenvalue weighted by molar-refractivity contribution is 7.92. The van der Waals surface area contributed by atoms with E-state index in [9.17, 15) is 8.42 Å². The van der Waals surface area contributed by atoms with Crippen LogP contribution in [0.2, 0.25) is 0 Å². The van der Waals surface area contributed by atoms with Crippen LogP contribution in [-0.4, -0.2) is 93.7 Å². The van der Waals surface area contributed by atoms with Gasteiger partial charge in [-0.05, 0) is 26.7 Å². The van der Waals surface area contributed by atoms with Crippen LogP contribution in [0.5, 0.6) is 0 Å². The normalized spacial score (nSPS) is 25.6. The van der Waals surface area contributed by atoms with Gasteiger partial charge in [-0.25, -0.2) is 8.42 Å². The molecular formula is C17H34N4O3S. The Balaban J connectivity index is 1.95. The van der Waals surface area contributed by atoms with Gasteiger partial charge in [0.25, 0.3) is 0 Å². The van der Waals surface area contributed by atoms with Crippen molar-refractivity contribution in [3.05, 3.63) is 0 Å². The van der Waals surface area contributed by atoms with E-state index < -0.39 is 14.6 Å². The summed E-state index contributed by atoms with van der Waals surface area (Å²) in [6, 6.07) is 0. The molecule has 2 rings (SSSR count). The summed E-state index contributed by atoms with van der Waals surface area (Å²) in [4.78, 5) is 9.31. The van der Waals surface area contributed by atoms with E-state index in [1.807, 2.05) is 6.92 Å². The third-order valence-electron chi connectivity index (χ3n) is 4.90. The van der Waals surface area contributed by atoms with Crippen molar-refractivity contribution in [2.75, 3.05) is 64.8 Å². The summed E-state index contributed by atoms with van der Waals surface area (Å²) in [5, 5.41) is 3.32. The Labute approximate surface area is 152 Å². The standard InChI is InChI=1S/C17H34N4O3S/c1-5-18-16(21-8-11-25(22,23)17(3,4)14-21)19-12-15(2)13-20-6-9-24-10-7-20/h15H,5-14H2,1-4H3,(H,18,19). The summed E-state index contributed by atoms with van der Waals surface area (Å²) in [5.74, 6) is 1.47. The Morgan fingerprint density at radius 2 is 1.96 bits per heavy atom. The Bertz CT molecular complexity index is 556. The van der Waals surface area contributed by atoms with E-state index in [0.29, 0.717) is 19.0 Å². The zero-order valence-electron chi connectivity index (χ0n) is 16.1. The molecule has 2 aliphatic rings. The summed E-state index contributed by atoms with van der Waals surface area (Å²) in [7, 11) is -3.04. The topological polar surface area (TPSA) is 74.2 Å². The predicted octanol–water partition coefficient (Wildman–Crippen LogP) is 0.429. The first-order chi connectivity index (χ1) is 11.7. The number of ether oxygens (including phenoxy) is 1. The summed E-state index contributed by atoms with van der Waals surface area (Å²) in [5.41, 5.74) is 0. The molecule has 0 aromatic heterocycles. The van der Waals surface area contributed by atoms with Crippen LogP contribution in [0.1, 0.15) is 27.7 Å². The molecule has 146 valence electrons. The van der Waals surface area contributed by atoms with Crippen LogP contribution in [0.3, 0.4) is 0 Å². The van der Waals surface area contributed by atoms with Gasteiger partial charge in [0.1, 0.15) is 0 Å². The van der Waals surface area contributed by atoms with Crippen LogP contribution in [0, 0.1) is 5.92 Å². The van der Waals surface area contributed by atoms with E-state index in [4.69, 9.17) is 9.73 Å². The predicted molar refractivity (Wildman–Crippen MR) is 102 cm³/mol. The van der Waals surface area contributed by atoms with Gasteiger partial charge in [-0.2, -0.15) is 0 Å². The summed E-state index contributed by atoms with van der Waals surface area (Å²) < 4.78 is 29.1. The lowest BCUT2D eigenvalue weighted by Gasteiger charge is -2.39. The molecule has 2 heterocycles. The highest BCUT2D eigenvalue weighted by Gasteiger charge is 2.40. The van der Waals surface area contributed by atoms with Crippen LogP contribution < -0.4 is 5.32 Å². The molecule has 7 nitrogen and oxygen atoms in total. The van der Waals surface area contributed by atoms with Crippen LogP contribution in [0.25, 0.3) is 0 Å². The maximum Gasteiger partial charge on any atom is 0.194 e. The fourth-order valence-electron chi connectivity index (χ4n) is 3.27. The van der Waals surface area contributed by atoms with Crippen LogP contribution in [0.15, 0.2) is 4.99 Å². The first kappa shape index (κ1) is 20.5. The second-order valence-electron chi connectivity index (χ2n) is 7.71. The fraction of sp³-hybridized carbons (Fsp3) is 0.941. The molecule has 1 atom stereocenters. The first-order valence-corrected chi connectivity index (χ1v) is 11.0. The number of nitrogens with zero attached hydrogens (tertiary/aromatic N) is 3. The number of guanidine groups is 1. The van der Waals surface area contributed by atoms with Crippen molar-refractivity contribution >= 4 is 15.8 Å². The molecule has 0 aromatic carbocycles. The first-order valence-electron chi connectivity index (χ1n) is 9.31. The number of hydrogen-bond donors (Lipinski definition) is 1. The minimum absolute atomic E-state index is 0.188. The van der Waals surface area contributed by atoms with Crippen molar-refractivity contribution < 1.29 is 13.2 Å². The van der Waals surface area contributed by atoms with Gasteiger partial charge in [0, 0.05) is 45.8 Å². The van der Waals surface area contributed by atoms with Crippen molar-refractivity contribution in [2.45, 2.75) is 32.4 Å². The largest absolute Gasteiger partial charge is 0.379 e. The summed E-state index contributed by atoms with van der Waals surface area (Å²) in [6.45, 7) is 15.0. The highest BCUT2D eigenvalue weighted by atomic mass is 32.2. The fourth-order valence-corrected chi connectivity index (χ4v) is 4.64. The quantitative estimate of drug-likeness (QED) is 0.556. The van der Waals surface area contributed by atoms with Crippen molar-refractivity contribution in [3.8, 4) is 0 Å². The van der Waals surface area contributed by atoms with Gasteiger partial charge < -0.3 is 15.0 Å². The summed E-state index contributed by atoms with van der Waals surface area (Å²) in [6.07, 6.45) is 0. The lowest BCUT2D eigenvalue weighted by molar-refractivity contribution is 0.0323. The number of aliphatic imine (C=N–C) groups is 1. The van der Waals surface area contributed by atoms with Crippen molar-refractivity contribution in [1.82, 2.24) is 15.1 Å². The SMILES string of the molecule is CCNC(=NCC(C)CN1CCOCC1)N1CCS(=O)(=O)C(C)(C)C1. The molecule has 25 heavy (non-hydrogen) atoms. The third kappa shape index (κ3) is 5.56. The van der Waals surface area contributed by atoms with Crippen LogP contribution in [0.4, 0.5) is 0 Å². The van der Waals surface area contributed by atoms with E-state index in [0.717, 1.165) is 51.9 Å². The smallest absolute Gasteiger partial charge is 0.194 e. The lowest BCUT2D eigenvalue weighted by Crippen LogP contribution is -2.57. The van der Waals surface area contributed by atoms with E-state index >= 15 is 0 Å². The molecule has 0 aliphatic carbocycles. The third-order valence-corrected chi connectivity index (χ3v) is 7.44. The van der Waals surface area contributed by atoms with Gasteiger partial charge in [0.2, 0.25) is 0 Å². The second kappa shape index (κ2) is 8.68. The maximum absolute atomic E-state index is 12.2. The van der Waals surface area contributed by atoms with Crippen molar-refractivity contribution in [2.24, 2.45) is 10.9 Å².